The van der Waals surface area contributed by atoms with E-state index in [0.29, 0.717) is 31.0 Å². The van der Waals surface area contributed by atoms with E-state index in [2.05, 4.69) is 21.9 Å². The molecule has 3 rings (SSSR count). The van der Waals surface area contributed by atoms with Crippen molar-refractivity contribution in [3.8, 4) is 11.3 Å². The van der Waals surface area contributed by atoms with Gasteiger partial charge in [-0.05, 0) is 41.6 Å². The number of carbonyl (C=O) groups excluding carboxylic acids is 1. The van der Waals surface area contributed by atoms with Gasteiger partial charge >= 0.3 is 0 Å². The fourth-order valence-corrected chi connectivity index (χ4v) is 3.26. The molecule has 3 aromatic rings. The molecule has 0 radical (unpaired) electrons. The Labute approximate surface area is 150 Å². The molecule has 24 heavy (non-hydrogen) atoms. The Hall–Kier alpha value is -2.11. The Bertz CT molecular complexity index is 798. The van der Waals surface area contributed by atoms with Crippen molar-refractivity contribution in [1.29, 1.82) is 0 Å². The number of nitrogens with zero attached hydrogens (tertiary/aromatic N) is 2. The maximum absolute atomic E-state index is 11.9. The summed E-state index contributed by atoms with van der Waals surface area (Å²) in [6.45, 7) is 1.23. The monoisotopic (exact) mass is 359 g/mol. The second kappa shape index (κ2) is 8.13. The Balaban J connectivity index is 1.40. The van der Waals surface area contributed by atoms with Gasteiger partial charge in [-0.25, -0.2) is 0 Å². The van der Waals surface area contributed by atoms with Gasteiger partial charge in [0.15, 0.2) is 0 Å². The van der Waals surface area contributed by atoms with Gasteiger partial charge < -0.3 is 5.32 Å². The fraction of sp³-hybridized carbons (Fsp3) is 0.222. The van der Waals surface area contributed by atoms with Crippen molar-refractivity contribution >= 4 is 28.8 Å². The average Bonchev–Trinajstić information content (AvgIpc) is 3.24. The topological polar surface area (TPSA) is 46.9 Å². The van der Waals surface area contributed by atoms with Crippen molar-refractivity contribution in [2.75, 3.05) is 6.54 Å². The maximum Gasteiger partial charge on any atom is 0.220 e. The van der Waals surface area contributed by atoms with Crippen molar-refractivity contribution in [3.63, 3.8) is 0 Å². The van der Waals surface area contributed by atoms with Crippen LogP contribution in [0.4, 0.5) is 0 Å². The Morgan fingerprint density at radius 2 is 2.21 bits per heavy atom. The van der Waals surface area contributed by atoms with Crippen molar-refractivity contribution < 1.29 is 4.79 Å². The van der Waals surface area contributed by atoms with Crippen LogP contribution in [0.2, 0.25) is 5.02 Å². The molecule has 124 valence electrons. The molecule has 0 spiro atoms. The van der Waals surface area contributed by atoms with Gasteiger partial charge in [-0.3, -0.25) is 9.48 Å². The highest BCUT2D eigenvalue weighted by Crippen LogP contribution is 2.19. The summed E-state index contributed by atoms with van der Waals surface area (Å²) < 4.78 is 1.85. The van der Waals surface area contributed by atoms with Crippen LogP contribution in [-0.2, 0) is 17.8 Å². The summed E-state index contributed by atoms with van der Waals surface area (Å²) in [6, 6.07) is 11.6. The molecule has 1 aromatic carbocycles. The summed E-state index contributed by atoms with van der Waals surface area (Å²) in [6.07, 6.45) is 3.08. The van der Waals surface area contributed by atoms with E-state index in [1.807, 2.05) is 46.6 Å². The quantitative estimate of drug-likeness (QED) is 0.692. The largest absolute Gasteiger partial charge is 0.354 e. The van der Waals surface area contributed by atoms with E-state index in [4.69, 9.17) is 11.6 Å². The zero-order chi connectivity index (χ0) is 16.8. The first-order chi connectivity index (χ1) is 11.7. The van der Waals surface area contributed by atoms with Gasteiger partial charge in [0.25, 0.3) is 0 Å². The van der Waals surface area contributed by atoms with E-state index in [9.17, 15) is 4.79 Å². The first kappa shape index (κ1) is 16.7. The number of carbonyl (C=O) groups is 1. The summed E-state index contributed by atoms with van der Waals surface area (Å²) >= 11 is 7.60. The minimum atomic E-state index is 0.0418. The van der Waals surface area contributed by atoms with Crippen LogP contribution < -0.4 is 5.32 Å². The number of thiophene rings is 1. The fourth-order valence-electron chi connectivity index (χ4n) is 2.40. The highest BCUT2D eigenvalue weighted by atomic mass is 35.5. The molecule has 0 saturated carbocycles. The molecule has 0 aliphatic rings. The Kier molecular flexibility index (Phi) is 5.67. The van der Waals surface area contributed by atoms with Crippen molar-refractivity contribution in [3.05, 3.63) is 63.9 Å². The van der Waals surface area contributed by atoms with Gasteiger partial charge in [0, 0.05) is 35.1 Å². The first-order valence-electron chi connectivity index (χ1n) is 7.78. The molecule has 0 fully saturated rings. The van der Waals surface area contributed by atoms with Gasteiger partial charge in [-0.2, -0.15) is 16.4 Å². The highest BCUT2D eigenvalue weighted by molar-refractivity contribution is 7.08. The van der Waals surface area contributed by atoms with E-state index >= 15 is 0 Å². The number of hydrogen-bond acceptors (Lipinski definition) is 3. The van der Waals surface area contributed by atoms with Crippen molar-refractivity contribution in [2.45, 2.75) is 19.4 Å². The van der Waals surface area contributed by atoms with E-state index in [0.717, 1.165) is 16.8 Å². The predicted octanol–water partition coefficient (Wildman–Crippen LogP) is 4.01. The van der Waals surface area contributed by atoms with E-state index in [-0.39, 0.29) is 5.91 Å². The molecule has 1 N–H and O–H groups in total. The summed E-state index contributed by atoms with van der Waals surface area (Å²) in [5, 5.41) is 12.3. The molecule has 2 aromatic heterocycles. The average molecular weight is 360 g/mol. The Morgan fingerprint density at radius 3 is 3.00 bits per heavy atom. The number of nitrogens with one attached hydrogen (secondary N) is 1. The molecule has 0 atom stereocenters. The predicted molar refractivity (Wildman–Crippen MR) is 98.3 cm³/mol. The van der Waals surface area contributed by atoms with Crippen LogP contribution in [0.25, 0.3) is 11.3 Å². The van der Waals surface area contributed by atoms with Crippen LogP contribution in [0.3, 0.4) is 0 Å². The number of rotatable bonds is 7. The van der Waals surface area contributed by atoms with E-state index in [1.54, 1.807) is 11.3 Å². The minimum absolute atomic E-state index is 0.0418. The van der Waals surface area contributed by atoms with Crippen LogP contribution in [0.1, 0.15) is 12.0 Å². The summed E-state index contributed by atoms with van der Waals surface area (Å²) in [7, 11) is 0. The van der Waals surface area contributed by atoms with Gasteiger partial charge in [0.1, 0.15) is 0 Å². The molecule has 0 aliphatic carbocycles. The molecular weight excluding hydrogens is 342 g/mol. The number of aromatic nitrogens is 2. The van der Waals surface area contributed by atoms with Crippen LogP contribution in [0.15, 0.2) is 53.4 Å². The maximum atomic E-state index is 11.9. The number of halogens is 1. The van der Waals surface area contributed by atoms with E-state index < -0.39 is 0 Å². The van der Waals surface area contributed by atoms with Gasteiger partial charge in [0.2, 0.25) is 5.91 Å². The third-order valence-corrected chi connectivity index (χ3v) is 4.57. The first-order valence-corrected chi connectivity index (χ1v) is 9.10. The van der Waals surface area contributed by atoms with Gasteiger partial charge in [-0.1, -0.05) is 23.7 Å². The van der Waals surface area contributed by atoms with E-state index in [1.165, 1.54) is 0 Å². The molecule has 2 heterocycles. The lowest BCUT2D eigenvalue weighted by Crippen LogP contribution is -2.27. The standard InChI is InChI=1S/C18H18ClN3OS/c19-16-3-1-2-14(12-16)4-5-18(23)20-8-10-22-9-6-17(21-22)15-7-11-24-13-15/h1-3,6-7,9,11-13H,4-5,8,10H2,(H,20,23). The molecule has 0 unspecified atom stereocenters. The second-order valence-corrected chi connectivity index (χ2v) is 6.67. The number of aryl methyl sites for hydroxylation is 1. The molecule has 0 aliphatic heterocycles. The molecule has 4 nitrogen and oxygen atoms in total. The van der Waals surface area contributed by atoms with Gasteiger partial charge in [0.05, 0.1) is 12.2 Å². The summed E-state index contributed by atoms with van der Waals surface area (Å²) in [4.78, 5) is 11.9. The molecular formula is C18H18ClN3OS. The number of benzene rings is 1. The number of amides is 1. The van der Waals surface area contributed by atoms with Crippen LogP contribution in [0, 0.1) is 0 Å². The summed E-state index contributed by atoms with van der Waals surface area (Å²) in [5.74, 6) is 0.0418. The highest BCUT2D eigenvalue weighted by Gasteiger charge is 2.05. The molecule has 1 amide bonds. The smallest absolute Gasteiger partial charge is 0.220 e. The summed E-state index contributed by atoms with van der Waals surface area (Å²) in [5.41, 5.74) is 3.16. The third kappa shape index (κ3) is 4.69. The Morgan fingerprint density at radius 1 is 1.29 bits per heavy atom. The molecule has 0 saturated heterocycles. The van der Waals surface area contributed by atoms with Crippen LogP contribution in [0.5, 0.6) is 0 Å². The number of hydrogen-bond donors (Lipinski definition) is 1. The second-order valence-electron chi connectivity index (χ2n) is 5.46. The normalized spacial score (nSPS) is 10.7. The zero-order valence-electron chi connectivity index (χ0n) is 13.1. The van der Waals surface area contributed by atoms with Crippen LogP contribution >= 0.6 is 22.9 Å². The lowest BCUT2D eigenvalue weighted by atomic mass is 10.1. The van der Waals surface area contributed by atoms with Crippen LogP contribution in [-0.4, -0.2) is 22.2 Å². The van der Waals surface area contributed by atoms with Crippen molar-refractivity contribution in [2.24, 2.45) is 0 Å². The minimum Gasteiger partial charge on any atom is -0.354 e. The molecule has 0 bridgehead atoms. The third-order valence-electron chi connectivity index (χ3n) is 3.65. The van der Waals surface area contributed by atoms with Gasteiger partial charge in [-0.15, -0.1) is 0 Å². The SMILES string of the molecule is O=C(CCc1cccc(Cl)c1)NCCn1ccc(-c2ccsc2)n1. The zero-order valence-corrected chi connectivity index (χ0v) is 14.7. The lowest BCUT2D eigenvalue weighted by molar-refractivity contribution is -0.121. The lowest BCUT2D eigenvalue weighted by Gasteiger charge is -2.06. The molecule has 6 heteroatoms. The van der Waals surface area contributed by atoms with Crippen molar-refractivity contribution in [1.82, 2.24) is 15.1 Å².